The van der Waals surface area contributed by atoms with E-state index in [1.165, 1.54) is 30.6 Å². The summed E-state index contributed by atoms with van der Waals surface area (Å²) in [7, 11) is 1.49. The van der Waals surface area contributed by atoms with Gasteiger partial charge in [0.05, 0.1) is 23.3 Å². The lowest BCUT2D eigenvalue weighted by molar-refractivity contribution is -0.384. The Morgan fingerprint density at radius 2 is 2.12 bits per heavy atom. The average molecular weight is 434 g/mol. The van der Waals surface area contributed by atoms with E-state index in [-0.39, 0.29) is 11.6 Å². The molecule has 0 aliphatic carbocycles. The first-order valence-electron chi connectivity index (χ1n) is 7.33. The zero-order valence-electron chi connectivity index (χ0n) is 13.4. The number of halogens is 1. The maximum atomic E-state index is 12.5. The van der Waals surface area contributed by atoms with Crippen molar-refractivity contribution in [1.29, 1.82) is 0 Å². The molecule has 2 aromatic carbocycles. The molecule has 1 heterocycles. The van der Waals surface area contributed by atoms with Gasteiger partial charge >= 0.3 is 0 Å². The van der Waals surface area contributed by atoms with Gasteiger partial charge in [0.15, 0.2) is 5.13 Å². The number of nitro groups is 1. The van der Waals surface area contributed by atoms with E-state index in [1.807, 2.05) is 0 Å². The van der Waals surface area contributed by atoms with Crippen molar-refractivity contribution in [3.8, 4) is 17.0 Å². The van der Waals surface area contributed by atoms with E-state index in [1.54, 1.807) is 35.7 Å². The molecule has 0 radical (unpaired) electrons. The fraction of sp³-hybridized carbons (Fsp3) is 0.0588. The number of carbonyl (C=O) groups is 1. The van der Waals surface area contributed by atoms with E-state index in [4.69, 9.17) is 4.74 Å². The Balaban J connectivity index is 1.83. The number of rotatable bonds is 5. The molecule has 3 aromatic rings. The van der Waals surface area contributed by atoms with Crippen LogP contribution in [0.2, 0.25) is 0 Å². The van der Waals surface area contributed by atoms with E-state index in [0.717, 1.165) is 4.47 Å². The van der Waals surface area contributed by atoms with Gasteiger partial charge in [0.1, 0.15) is 5.75 Å². The third kappa shape index (κ3) is 3.89. The molecule has 0 unspecified atom stereocenters. The number of hydrogen-bond acceptors (Lipinski definition) is 6. The van der Waals surface area contributed by atoms with Crippen molar-refractivity contribution < 1.29 is 14.5 Å². The molecule has 0 bridgehead atoms. The summed E-state index contributed by atoms with van der Waals surface area (Å²) in [5.74, 6) is 0.0873. The van der Waals surface area contributed by atoms with E-state index in [9.17, 15) is 14.9 Å². The Bertz CT molecular complexity index is 990. The van der Waals surface area contributed by atoms with Crippen molar-refractivity contribution in [2.24, 2.45) is 0 Å². The molecule has 0 aliphatic rings. The molecule has 9 heteroatoms. The predicted octanol–water partition coefficient (Wildman–Crippen LogP) is 4.74. The maximum Gasteiger partial charge on any atom is 0.270 e. The van der Waals surface area contributed by atoms with Crippen LogP contribution in [0.15, 0.2) is 52.3 Å². The van der Waals surface area contributed by atoms with Crippen LogP contribution < -0.4 is 10.1 Å². The quantitative estimate of drug-likeness (QED) is 0.462. The summed E-state index contributed by atoms with van der Waals surface area (Å²) in [6.45, 7) is 0. The average Bonchev–Trinajstić information content (AvgIpc) is 3.10. The molecule has 0 spiro atoms. The largest absolute Gasteiger partial charge is 0.496 e. The normalized spacial score (nSPS) is 10.4. The minimum Gasteiger partial charge on any atom is -0.496 e. The van der Waals surface area contributed by atoms with E-state index < -0.39 is 4.92 Å². The summed E-state index contributed by atoms with van der Waals surface area (Å²) >= 11 is 4.56. The van der Waals surface area contributed by atoms with Crippen molar-refractivity contribution in [1.82, 2.24) is 4.98 Å². The number of carbonyl (C=O) groups excluding carboxylic acids is 1. The second kappa shape index (κ2) is 7.63. The molecule has 26 heavy (non-hydrogen) atoms. The Morgan fingerprint density at radius 3 is 2.85 bits per heavy atom. The zero-order valence-corrected chi connectivity index (χ0v) is 15.8. The number of methoxy groups -OCH3 is 1. The number of nitrogens with zero attached hydrogens (tertiary/aromatic N) is 2. The van der Waals surface area contributed by atoms with Crippen LogP contribution in [0.3, 0.4) is 0 Å². The maximum absolute atomic E-state index is 12.5. The van der Waals surface area contributed by atoms with Gasteiger partial charge in [-0.25, -0.2) is 4.98 Å². The molecular weight excluding hydrogens is 422 g/mol. The van der Waals surface area contributed by atoms with Gasteiger partial charge in [-0.05, 0) is 18.2 Å². The second-order valence-corrected chi connectivity index (χ2v) is 6.92. The van der Waals surface area contributed by atoms with Crippen molar-refractivity contribution in [2.75, 3.05) is 12.4 Å². The van der Waals surface area contributed by atoms with Gasteiger partial charge in [-0.2, -0.15) is 0 Å². The molecule has 1 amide bonds. The van der Waals surface area contributed by atoms with Crippen LogP contribution in [0, 0.1) is 10.1 Å². The number of nitro benzene ring substituents is 1. The monoisotopic (exact) mass is 433 g/mol. The summed E-state index contributed by atoms with van der Waals surface area (Å²) in [6.07, 6.45) is 0. The summed E-state index contributed by atoms with van der Waals surface area (Å²) in [6, 6.07) is 11.3. The number of thiazole rings is 1. The van der Waals surface area contributed by atoms with Gasteiger partial charge in [-0.15, -0.1) is 11.3 Å². The number of non-ortho nitro benzene ring substituents is 1. The highest BCUT2D eigenvalue weighted by Gasteiger charge is 2.16. The summed E-state index contributed by atoms with van der Waals surface area (Å²) in [5, 5.41) is 15.7. The molecule has 0 saturated carbocycles. The minimum atomic E-state index is -0.460. The Hall–Kier alpha value is -2.78. The van der Waals surface area contributed by atoms with Crippen LogP contribution in [0.4, 0.5) is 10.8 Å². The van der Waals surface area contributed by atoms with Gasteiger partial charge < -0.3 is 4.74 Å². The van der Waals surface area contributed by atoms with Crippen LogP contribution in [0.25, 0.3) is 11.3 Å². The lowest BCUT2D eigenvalue weighted by atomic mass is 10.1. The Morgan fingerprint density at radius 1 is 1.31 bits per heavy atom. The fourth-order valence-corrected chi connectivity index (χ4v) is 3.34. The van der Waals surface area contributed by atoms with Crippen molar-refractivity contribution in [3.05, 3.63) is 68.0 Å². The number of benzene rings is 2. The zero-order chi connectivity index (χ0) is 18.7. The van der Waals surface area contributed by atoms with Gasteiger partial charge in [-0.3, -0.25) is 20.2 Å². The van der Waals surface area contributed by atoms with E-state index in [2.05, 4.69) is 26.2 Å². The molecule has 132 valence electrons. The van der Waals surface area contributed by atoms with Gasteiger partial charge in [0.2, 0.25) is 0 Å². The first-order valence-corrected chi connectivity index (χ1v) is 9.00. The molecule has 0 fully saturated rings. The minimum absolute atomic E-state index is 0.0139. The predicted molar refractivity (Wildman–Crippen MR) is 103 cm³/mol. The third-order valence-corrected chi connectivity index (χ3v) is 4.73. The molecule has 0 atom stereocenters. The van der Waals surface area contributed by atoms with Crippen molar-refractivity contribution in [3.63, 3.8) is 0 Å². The smallest absolute Gasteiger partial charge is 0.270 e. The number of amides is 1. The number of aromatic nitrogens is 1. The van der Waals surface area contributed by atoms with Crippen molar-refractivity contribution in [2.45, 2.75) is 0 Å². The first-order chi connectivity index (χ1) is 12.5. The summed E-state index contributed by atoms with van der Waals surface area (Å²) < 4.78 is 5.96. The number of nitrogens with one attached hydrogen (secondary N) is 1. The van der Waals surface area contributed by atoms with Crippen LogP contribution in [0.5, 0.6) is 5.75 Å². The Labute approximate surface area is 160 Å². The first kappa shape index (κ1) is 18.0. The molecule has 1 aromatic heterocycles. The third-order valence-electron chi connectivity index (χ3n) is 3.48. The van der Waals surface area contributed by atoms with Gasteiger partial charge in [0.25, 0.3) is 11.6 Å². The van der Waals surface area contributed by atoms with Crippen LogP contribution in [-0.2, 0) is 0 Å². The number of ether oxygens (including phenoxy) is 1. The van der Waals surface area contributed by atoms with Gasteiger partial charge in [0, 0.05) is 27.5 Å². The van der Waals surface area contributed by atoms with Crippen LogP contribution in [0.1, 0.15) is 10.4 Å². The molecule has 7 nitrogen and oxygen atoms in total. The molecule has 1 N–H and O–H groups in total. The topological polar surface area (TPSA) is 94.4 Å². The summed E-state index contributed by atoms with van der Waals surface area (Å²) in [4.78, 5) is 27.3. The summed E-state index contributed by atoms with van der Waals surface area (Å²) in [5.41, 5.74) is 1.51. The SMILES string of the molecule is COc1ccc(Br)cc1C(=O)Nc1nc(-c2cccc([N+](=O)[O-])c2)cs1. The van der Waals surface area contributed by atoms with E-state index >= 15 is 0 Å². The highest BCUT2D eigenvalue weighted by Crippen LogP contribution is 2.29. The highest BCUT2D eigenvalue weighted by atomic mass is 79.9. The molecule has 3 rings (SSSR count). The van der Waals surface area contributed by atoms with E-state index in [0.29, 0.717) is 27.7 Å². The fourth-order valence-electron chi connectivity index (χ4n) is 2.26. The van der Waals surface area contributed by atoms with Crippen LogP contribution >= 0.6 is 27.3 Å². The lowest BCUT2D eigenvalue weighted by Crippen LogP contribution is -2.13. The molecule has 0 saturated heterocycles. The Kier molecular flexibility index (Phi) is 5.29. The molecule has 0 aliphatic heterocycles. The molecular formula is C17H12BrN3O4S. The lowest BCUT2D eigenvalue weighted by Gasteiger charge is -2.08. The van der Waals surface area contributed by atoms with Gasteiger partial charge in [-0.1, -0.05) is 28.1 Å². The number of hydrogen-bond donors (Lipinski definition) is 1. The van der Waals surface area contributed by atoms with Crippen LogP contribution in [-0.4, -0.2) is 22.9 Å². The second-order valence-electron chi connectivity index (χ2n) is 5.14. The van der Waals surface area contributed by atoms with Crippen molar-refractivity contribution >= 4 is 44.0 Å². The number of anilines is 1. The standard InChI is InChI=1S/C17H12BrN3O4S/c1-25-15-6-5-11(18)8-13(15)16(22)20-17-19-14(9-26-17)10-3-2-4-12(7-10)21(23)24/h2-9H,1H3,(H,19,20,22). The highest BCUT2D eigenvalue weighted by molar-refractivity contribution is 9.10.